The molecule has 3 heterocycles. The van der Waals surface area contributed by atoms with Crippen molar-refractivity contribution in [3.05, 3.63) is 109 Å². The molecular formula is C30H21F3N4O7S2. The number of amides is 3. The molecule has 1 fully saturated rings. The van der Waals surface area contributed by atoms with E-state index >= 15 is 0 Å². The number of imide groups is 1. The van der Waals surface area contributed by atoms with E-state index in [1.807, 2.05) is 0 Å². The van der Waals surface area contributed by atoms with Gasteiger partial charge in [-0.05, 0) is 36.4 Å². The molecule has 0 radical (unpaired) electrons. The number of carbonyl (C=O) groups excluding carboxylic acids is 3. The highest BCUT2D eigenvalue weighted by molar-refractivity contribution is 8.00. The molecule has 11 nitrogen and oxygen atoms in total. The van der Waals surface area contributed by atoms with Crippen LogP contribution in [-0.4, -0.2) is 39.6 Å². The van der Waals surface area contributed by atoms with Crippen molar-refractivity contribution in [2.24, 2.45) is 5.92 Å². The third-order valence-corrected chi connectivity index (χ3v) is 10.2. The molecule has 0 spiro atoms. The second kappa shape index (κ2) is 11.8. The summed E-state index contributed by atoms with van der Waals surface area (Å²) >= 11 is 1.74. The highest BCUT2D eigenvalue weighted by atomic mass is 32.2. The predicted octanol–water partition coefficient (Wildman–Crippen LogP) is 5.28. The average Bonchev–Trinajstić information content (AvgIpc) is 3.46. The molecule has 0 saturated carbocycles. The summed E-state index contributed by atoms with van der Waals surface area (Å²) in [5.41, 5.74) is -0.646. The number of carbonyl (C=O) groups is 3. The topological polar surface area (TPSA) is 141 Å². The number of non-ortho nitro benzene ring substituents is 1. The van der Waals surface area contributed by atoms with Crippen LogP contribution in [0.3, 0.4) is 0 Å². The summed E-state index contributed by atoms with van der Waals surface area (Å²) in [6.07, 6.45) is -4.63. The number of benzene rings is 3. The minimum atomic E-state index is -4.63. The van der Waals surface area contributed by atoms with Crippen molar-refractivity contribution < 1.29 is 37.2 Å². The van der Waals surface area contributed by atoms with Crippen LogP contribution < -0.4 is 19.8 Å². The lowest BCUT2D eigenvalue weighted by Gasteiger charge is -2.31. The van der Waals surface area contributed by atoms with Crippen molar-refractivity contribution in [1.82, 2.24) is 4.57 Å². The second-order valence-corrected chi connectivity index (χ2v) is 12.4. The zero-order valence-corrected chi connectivity index (χ0v) is 25.2. The summed E-state index contributed by atoms with van der Waals surface area (Å²) in [5.74, 6) is -3.41. The number of nitro benzene ring substituents is 1. The van der Waals surface area contributed by atoms with Crippen LogP contribution in [0.5, 0.6) is 5.75 Å². The van der Waals surface area contributed by atoms with Crippen molar-refractivity contribution in [2.75, 3.05) is 17.3 Å². The largest absolute Gasteiger partial charge is 0.496 e. The van der Waals surface area contributed by atoms with Gasteiger partial charge in [0, 0.05) is 34.2 Å². The summed E-state index contributed by atoms with van der Waals surface area (Å²) in [7, 11) is 1.44. The van der Waals surface area contributed by atoms with Crippen LogP contribution in [-0.2, 0) is 27.1 Å². The van der Waals surface area contributed by atoms with Gasteiger partial charge in [0.25, 0.3) is 5.69 Å². The molecule has 3 aromatic carbocycles. The average molecular weight is 671 g/mol. The minimum absolute atomic E-state index is 0.119. The molecule has 46 heavy (non-hydrogen) atoms. The number of thioether (sulfide) groups is 1. The van der Waals surface area contributed by atoms with Gasteiger partial charge in [-0.3, -0.25) is 33.9 Å². The smallest absolute Gasteiger partial charge is 0.416 e. The standard InChI is InChI=1S/C30H21F3N4O7S2/c1-44-20-8-3-2-7-19(20)22-23-24(27(40)36(26(23)39)17-9-11-18(12-10-17)37(42)43)45-28-25(22)46-29(41)35(28)14-21(38)34-16-6-4-5-15(13-16)30(31,32)33/h2-13,22-24H,14H2,1H3,(H,34,38)/t22-,23?,24?/m1/s1. The zero-order valence-electron chi connectivity index (χ0n) is 23.5. The van der Waals surface area contributed by atoms with Crippen LogP contribution in [0.2, 0.25) is 0 Å². The molecule has 3 atom stereocenters. The van der Waals surface area contributed by atoms with E-state index in [1.165, 1.54) is 37.4 Å². The van der Waals surface area contributed by atoms with Gasteiger partial charge < -0.3 is 10.1 Å². The lowest BCUT2D eigenvalue weighted by molar-refractivity contribution is -0.384. The highest BCUT2D eigenvalue weighted by Crippen LogP contribution is 2.55. The Bertz CT molecular complexity index is 1960. The van der Waals surface area contributed by atoms with Crippen molar-refractivity contribution in [2.45, 2.75) is 28.9 Å². The quantitative estimate of drug-likeness (QED) is 0.159. The Labute approximate surface area is 265 Å². The van der Waals surface area contributed by atoms with Crippen LogP contribution in [0.4, 0.5) is 30.2 Å². The summed E-state index contributed by atoms with van der Waals surface area (Å²) in [5, 5.41) is 12.8. The molecular weight excluding hydrogens is 649 g/mol. The first kappa shape index (κ1) is 31.0. The van der Waals surface area contributed by atoms with E-state index in [0.717, 1.165) is 50.8 Å². The Morgan fingerprint density at radius 2 is 1.74 bits per heavy atom. The number of hydrogen-bond donors (Lipinski definition) is 1. The summed E-state index contributed by atoms with van der Waals surface area (Å²) in [4.78, 5) is 65.6. The van der Waals surface area contributed by atoms with Crippen LogP contribution in [0, 0.1) is 16.0 Å². The fraction of sp³-hybridized carbons (Fsp3) is 0.200. The van der Waals surface area contributed by atoms with E-state index in [0.29, 0.717) is 16.2 Å². The molecule has 0 bridgehead atoms. The molecule has 6 rings (SSSR count). The number of ether oxygens (including phenoxy) is 1. The van der Waals surface area contributed by atoms with Gasteiger partial charge in [-0.15, -0.1) is 0 Å². The van der Waals surface area contributed by atoms with Crippen LogP contribution in [0.25, 0.3) is 0 Å². The molecule has 0 aliphatic carbocycles. The van der Waals surface area contributed by atoms with E-state index in [4.69, 9.17) is 4.74 Å². The Kier molecular flexibility index (Phi) is 7.93. The molecule has 2 aliphatic rings. The van der Waals surface area contributed by atoms with Crippen LogP contribution in [0.1, 0.15) is 21.9 Å². The molecule has 2 unspecified atom stereocenters. The number of nitro groups is 1. The Morgan fingerprint density at radius 1 is 1.02 bits per heavy atom. The van der Waals surface area contributed by atoms with Crippen LogP contribution >= 0.6 is 23.1 Å². The Balaban J connectivity index is 1.39. The van der Waals surface area contributed by atoms with Gasteiger partial charge in [0.1, 0.15) is 17.5 Å². The first-order valence-corrected chi connectivity index (χ1v) is 15.2. The maximum atomic E-state index is 14.0. The molecule has 1 aromatic heterocycles. The molecule has 1 saturated heterocycles. The predicted molar refractivity (Wildman–Crippen MR) is 162 cm³/mol. The van der Waals surface area contributed by atoms with Crippen molar-refractivity contribution in [3.63, 3.8) is 0 Å². The summed E-state index contributed by atoms with van der Waals surface area (Å²) < 4.78 is 46.3. The van der Waals surface area contributed by atoms with Crippen molar-refractivity contribution in [1.29, 1.82) is 0 Å². The van der Waals surface area contributed by atoms with Gasteiger partial charge in [-0.2, -0.15) is 13.2 Å². The molecule has 3 amide bonds. The van der Waals surface area contributed by atoms with Crippen molar-refractivity contribution in [3.8, 4) is 5.75 Å². The molecule has 4 aromatic rings. The number of aromatic nitrogens is 1. The third kappa shape index (κ3) is 5.43. The number of fused-ring (bicyclic) bond motifs is 2. The van der Waals surface area contributed by atoms with E-state index in [1.54, 1.807) is 24.3 Å². The number of anilines is 2. The number of hydrogen-bond acceptors (Lipinski definition) is 9. The lowest BCUT2D eigenvalue weighted by Crippen LogP contribution is -2.33. The summed E-state index contributed by atoms with van der Waals surface area (Å²) in [6, 6.07) is 15.8. The molecule has 1 N–H and O–H groups in total. The van der Waals surface area contributed by atoms with Gasteiger partial charge in [-0.25, -0.2) is 4.90 Å². The van der Waals surface area contributed by atoms with E-state index < -0.39 is 62.9 Å². The number of alkyl halides is 3. The van der Waals surface area contributed by atoms with Crippen LogP contribution in [0.15, 0.2) is 82.6 Å². The number of nitrogens with one attached hydrogen (secondary N) is 1. The van der Waals surface area contributed by atoms with Gasteiger partial charge in [0.2, 0.25) is 17.7 Å². The number of para-hydroxylation sites is 1. The third-order valence-electron chi connectivity index (χ3n) is 7.62. The molecule has 236 valence electrons. The van der Waals surface area contributed by atoms with E-state index in [9.17, 15) is 42.5 Å². The first-order valence-electron chi connectivity index (χ1n) is 13.5. The van der Waals surface area contributed by atoms with Gasteiger partial charge in [0.05, 0.1) is 34.2 Å². The number of thiazole rings is 1. The maximum absolute atomic E-state index is 14.0. The van der Waals surface area contributed by atoms with Gasteiger partial charge >= 0.3 is 11.0 Å². The zero-order chi connectivity index (χ0) is 32.9. The van der Waals surface area contributed by atoms with Gasteiger partial charge in [-0.1, -0.05) is 47.4 Å². The monoisotopic (exact) mass is 670 g/mol. The fourth-order valence-corrected chi connectivity index (χ4v) is 8.37. The highest BCUT2D eigenvalue weighted by Gasteiger charge is 2.57. The van der Waals surface area contributed by atoms with Crippen molar-refractivity contribution >= 4 is 57.9 Å². The summed E-state index contributed by atoms with van der Waals surface area (Å²) in [6.45, 7) is -0.571. The second-order valence-electron chi connectivity index (χ2n) is 10.3. The number of methoxy groups -OCH3 is 1. The van der Waals surface area contributed by atoms with Gasteiger partial charge in [0.15, 0.2) is 0 Å². The number of nitrogens with zero attached hydrogens (tertiary/aromatic N) is 3. The molecule has 2 aliphatic heterocycles. The normalized spacial score (nSPS) is 19.0. The number of rotatable bonds is 7. The SMILES string of the molecule is COc1ccccc1[C@H]1c2sc(=O)n(CC(=O)Nc3cccc(C(F)(F)F)c3)c2SC2C(=O)N(c3ccc([N+](=O)[O-])cc3)C(=O)C21. The van der Waals surface area contributed by atoms with E-state index in [-0.39, 0.29) is 22.1 Å². The van der Waals surface area contributed by atoms with E-state index in [2.05, 4.69) is 5.32 Å². The Morgan fingerprint density at radius 3 is 2.41 bits per heavy atom. The minimum Gasteiger partial charge on any atom is -0.496 e. The molecule has 16 heteroatoms. The Hall–Kier alpha value is -4.96. The lowest BCUT2D eigenvalue weighted by atomic mass is 9.82. The fourth-order valence-electron chi connectivity index (χ4n) is 5.61. The number of halogens is 3. The first-order chi connectivity index (χ1) is 21.9. The maximum Gasteiger partial charge on any atom is 0.416 e.